The summed E-state index contributed by atoms with van der Waals surface area (Å²) in [7, 11) is 3.48. The zero-order valence-electron chi connectivity index (χ0n) is 15.1. The normalized spacial score (nSPS) is 10.8. The van der Waals surface area contributed by atoms with Crippen LogP contribution in [0.15, 0.2) is 53.9 Å². The average molecular weight is 385 g/mol. The van der Waals surface area contributed by atoms with Gasteiger partial charge in [-0.1, -0.05) is 18.2 Å². The third-order valence-corrected chi connectivity index (χ3v) is 4.77. The molecule has 3 aromatic rings. The van der Waals surface area contributed by atoms with Crippen LogP contribution in [0.5, 0.6) is 5.75 Å². The van der Waals surface area contributed by atoms with E-state index in [2.05, 4.69) is 10.3 Å². The summed E-state index contributed by atoms with van der Waals surface area (Å²) in [6.07, 6.45) is 0. The molecule has 1 aromatic heterocycles. The number of likely N-dealkylation sites (N-methyl/N-ethyl adjacent to an activating group) is 1. The van der Waals surface area contributed by atoms with Crippen LogP contribution in [0.25, 0.3) is 10.6 Å². The van der Waals surface area contributed by atoms with E-state index in [4.69, 9.17) is 4.74 Å². The van der Waals surface area contributed by atoms with Gasteiger partial charge in [-0.3, -0.25) is 9.69 Å². The molecule has 0 bridgehead atoms. The van der Waals surface area contributed by atoms with Crippen molar-refractivity contribution in [2.24, 2.45) is 0 Å². The zero-order chi connectivity index (χ0) is 19.2. The lowest BCUT2D eigenvalue weighted by Crippen LogP contribution is -2.29. The predicted octanol–water partition coefficient (Wildman–Crippen LogP) is 4.03. The summed E-state index contributed by atoms with van der Waals surface area (Å²) in [6, 6.07) is 13.6. The van der Waals surface area contributed by atoms with Crippen molar-refractivity contribution in [2.75, 3.05) is 26.0 Å². The van der Waals surface area contributed by atoms with Gasteiger partial charge < -0.3 is 10.1 Å². The Balaban J connectivity index is 1.59. The summed E-state index contributed by atoms with van der Waals surface area (Å²) in [5, 5.41) is 5.54. The van der Waals surface area contributed by atoms with Gasteiger partial charge in [0.2, 0.25) is 5.91 Å². The Bertz CT molecular complexity index is 929. The molecule has 7 heteroatoms. The minimum atomic E-state index is -0.382. The van der Waals surface area contributed by atoms with Crippen LogP contribution in [0.1, 0.15) is 5.69 Å². The highest BCUT2D eigenvalue weighted by Crippen LogP contribution is 2.32. The third-order valence-electron chi connectivity index (χ3n) is 3.84. The molecular formula is C20H20FN3O2S. The fraction of sp³-hybridized carbons (Fsp3) is 0.200. The number of thiazole rings is 1. The Hall–Kier alpha value is -2.77. The van der Waals surface area contributed by atoms with Crippen molar-refractivity contribution >= 4 is 22.9 Å². The molecule has 0 saturated heterocycles. The van der Waals surface area contributed by atoms with Crippen LogP contribution in [0, 0.1) is 5.82 Å². The number of hydrogen-bond acceptors (Lipinski definition) is 5. The number of para-hydroxylation sites is 1. The number of rotatable bonds is 7. The molecule has 1 amide bonds. The maximum atomic E-state index is 13.2. The van der Waals surface area contributed by atoms with E-state index < -0.39 is 0 Å². The van der Waals surface area contributed by atoms with Crippen molar-refractivity contribution in [3.63, 3.8) is 0 Å². The van der Waals surface area contributed by atoms with Gasteiger partial charge in [0.15, 0.2) is 0 Å². The summed E-state index contributed by atoms with van der Waals surface area (Å²) >= 11 is 1.54. The van der Waals surface area contributed by atoms with E-state index in [0.717, 1.165) is 22.0 Å². The molecule has 0 unspecified atom stereocenters. The summed E-state index contributed by atoms with van der Waals surface area (Å²) in [5.41, 5.74) is 2.27. The first kappa shape index (κ1) is 19.0. The number of halogens is 1. The molecule has 3 rings (SSSR count). The SMILES string of the molecule is COc1ccccc1-c1nc(CN(C)CC(=O)Nc2cccc(F)c2)cs1. The molecule has 2 aromatic carbocycles. The van der Waals surface area contributed by atoms with Crippen molar-refractivity contribution in [2.45, 2.75) is 6.54 Å². The fourth-order valence-electron chi connectivity index (χ4n) is 2.67. The number of hydrogen-bond donors (Lipinski definition) is 1. The number of methoxy groups -OCH3 is 1. The van der Waals surface area contributed by atoms with Crippen LogP contribution >= 0.6 is 11.3 Å². The summed E-state index contributed by atoms with van der Waals surface area (Å²) in [4.78, 5) is 18.6. The maximum absolute atomic E-state index is 13.2. The lowest BCUT2D eigenvalue weighted by atomic mass is 10.2. The van der Waals surface area contributed by atoms with Crippen LogP contribution in [-0.4, -0.2) is 36.5 Å². The minimum absolute atomic E-state index is 0.179. The molecule has 0 aliphatic heterocycles. The predicted molar refractivity (Wildman–Crippen MR) is 105 cm³/mol. The number of amides is 1. The number of benzene rings is 2. The first-order valence-corrected chi connectivity index (χ1v) is 9.25. The Morgan fingerprint density at radius 2 is 2.07 bits per heavy atom. The number of carbonyl (C=O) groups is 1. The summed E-state index contributed by atoms with van der Waals surface area (Å²) in [6.45, 7) is 0.709. The van der Waals surface area contributed by atoms with Crippen molar-refractivity contribution in [1.29, 1.82) is 0 Å². The van der Waals surface area contributed by atoms with Crippen LogP contribution in [0.4, 0.5) is 10.1 Å². The second-order valence-corrected chi connectivity index (χ2v) is 6.93. The maximum Gasteiger partial charge on any atom is 0.238 e. The Morgan fingerprint density at radius 1 is 1.26 bits per heavy atom. The molecule has 0 atom stereocenters. The highest BCUT2D eigenvalue weighted by atomic mass is 32.1. The first-order chi connectivity index (χ1) is 13.0. The van der Waals surface area contributed by atoms with E-state index in [9.17, 15) is 9.18 Å². The quantitative estimate of drug-likeness (QED) is 0.667. The van der Waals surface area contributed by atoms with Crippen molar-refractivity contribution < 1.29 is 13.9 Å². The number of ether oxygens (including phenoxy) is 1. The number of nitrogens with zero attached hydrogens (tertiary/aromatic N) is 2. The van der Waals surface area contributed by atoms with Crippen molar-refractivity contribution in [1.82, 2.24) is 9.88 Å². The van der Waals surface area contributed by atoms with Crippen LogP contribution in [0.2, 0.25) is 0 Å². The third kappa shape index (κ3) is 5.12. The van der Waals surface area contributed by atoms with Crippen LogP contribution < -0.4 is 10.1 Å². The van der Waals surface area contributed by atoms with Crippen molar-refractivity contribution in [3.8, 4) is 16.3 Å². The van der Waals surface area contributed by atoms with Gasteiger partial charge >= 0.3 is 0 Å². The molecule has 5 nitrogen and oxygen atoms in total. The summed E-state index contributed by atoms with van der Waals surface area (Å²) < 4.78 is 18.6. The van der Waals surface area contributed by atoms with Gasteiger partial charge in [0.05, 0.1) is 24.9 Å². The number of anilines is 1. The van der Waals surface area contributed by atoms with Gasteiger partial charge in [0.1, 0.15) is 16.6 Å². The number of nitrogens with one attached hydrogen (secondary N) is 1. The molecule has 0 spiro atoms. The molecule has 1 heterocycles. The van der Waals surface area contributed by atoms with Gasteiger partial charge in [-0.25, -0.2) is 9.37 Å². The van der Waals surface area contributed by atoms with E-state index >= 15 is 0 Å². The van der Waals surface area contributed by atoms with E-state index in [1.807, 2.05) is 41.6 Å². The Labute approximate surface area is 161 Å². The average Bonchev–Trinajstić information content (AvgIpc) is 3.09. The second-order valence-electron chi connectivity index (χ2n) is 6.08. The van der Waals surface area contributed by atoms with Gasteiger partial charge in [-0.15, -0.1) is 11.3 Å². The molecular weight excluding hydrogens is 365 g/mol. The molecule has 0 saturated carbocycles. The monoisotopic (exact) mass is 385 g/mol. The lowest BCUT2D eigenvalue weighted by Gasteiger charge is -2.15. The van der Waals surface area contributed by atoms with Gasteiger partial charge in [0, 0.05) is 17.6 Å². The van der Waals surface area contributed by atoms with Crippen LogP contribution in [0.3, 0.4) is 0 Å². The van der Waals surface area contributed by atoms with E-state index in [1.54, 1.807) is 19.2 Å². The van der Waals surface area contributed by atoms with E-state index in [-0.39, 0.29) is 18.3 Å². The molecule has 0 radical (unpaired) electrons. The minimum Gasteiger partial charge on any atom is -0.496 e. The van der Waals surface area contributed by atoms with Crippen LogP contribution in [-0.2, 0) is 11.3 Å². The lowest BCUT2D eigenvalue weighted by molar-refractivity contribution is -0.117. The highest BCUT2D eigenvalue weighted by Gasteiger charge is 2.13. The molecule has 1 N–H and O–H groups in total. The fourth-order valence-corrected chi connectivity index (χ4v) is 3.51. The summed E-state index contributed by atoms with van der Waals surface area (Å²) in [5.74, 6) is 0.192. The molecule has 0 fully saturated rings. The smallest absolute Gasteiger partial charge is 0.238 e. The van der Waals surface area contributed by atoms with Crippen molar-refractivity contribution in [3.05, 3.63) is 65.4 Å². The zero-order valence-corrected chi connectivity index (χ0v) is 15.9. The van der Waals surface area contributed by atoms with E-state index in [0.29, 0.717) is 12.2 Å². The molecule has 27 heavy (non-hydrogen) atoms. The van der Waals surface area contributed by atoms with Gasteiger partial charge in [-0.05, 0) is 37.4 Å². The topological polar surface area (TPSA) is 54.5 Å². The molecule has 140 valence electrons. The standard InChI is InChI=1S/C20H20FN3O2S/c1-24(12-19(25)22-15-7-5-6-14(21)10-15)11-16-13-27-20(23-16)17-8-3-4-9-18(17)26-2/h3-10,13H,11-12H2,1-2H3,(H,22,25). The number of aromatic nitrogens is 1. The van der Waals surface area contributed by atoms with Gasteiger partial charge in [-0.2, -0.15) is 0 Å². The Kier molecular flexibility index (Phi) is 6.16. The van der Waals surface area contributed by atoms with Gasteiger partial charge in [0.25, 0.3) is 0 Å². The molecule has 0 aliphatic carbocycles. The Morgan fingerprint density at radius 3 is 2.85 bits per heavy atom. The van der Waals surface area contributed by atoms with E-state index in [1.165, 1.54) is 23.5 Å². The highest BCUT2D eigenvalue weighted by molar-refractivity contribution is 7.13. The largest absolute Gasteiger partial charge is 0.496 e. The first-order valence-electron chi connectivity index (χ1n) is 8.37. The molecule has 0 aliphatic rings. The number of carbonyl (C=O) groups excluding carboxylic acids is 1. The second kappa shape index (κ2) is 8.75.